The third-order valence-electron chi connectivity index (χ3n) is 7.37. The molecule has 1 unspecified atom stereocenters. The number of esters is 1. The average molecular weight is 404 g/mol. The van der Waals surface area contributed by atoms with Crippen LogP contribution in [0.4, 0.5) is 5.69 Å². The monoisotopic (exact) mass is 403 g/mol. The summed E-state index contributed by atoms with van der Waals surface area (Å²) in [4.78, 5) is 11.5. The minimum Gasteiger partial charge on any atom is -0.466 e. The first-order chi connectivity index (χ1) is 14.1. The minimum absolute atomic E-state index is 0.114. The fourth-order valence-corrected chi connectivity index (χ4v) is 5.07. The van der Waals surface area contributed by atoms with Gasteiger partial charge in [0.15, 0.2) is 0 Å². The van der Waals surface area contributed by atoms with Gasteiger partial charge in [-0.2, -0.15) is 0 Å². The highest BCUT2D eigenvalue weighted by Crippen LogP contribution is 2.49. The fraction of sp³-hybridized carbons (Fsp3) is 0.444. The number of carbonyl (C=O) groups is 1. The SMILES string of the molecule is COC(=O)C=Cc1ccc2c(c1)C(C)(c1ccc3c(c1)C(C)(C)CCC3(C)C)CN2. The van der Waals surface area contributed by atoms with Crippen LogP contribution in [-0.2, 0) is 25.8 Å². The van der Waals surface area contributed by atoms with Gasteiger partial charge in [0.2, 0.25) is 0 Å². The molecule has 158 valence electrons. The maximum Gasteiger partial charge on any atom is 0.330 e. The van der Waals surface area contributed by atoms with Gasteiger partial charge in [-0.1, -0.05) is 52.0 Å². The molecule has 1 N–H and O–H groups in total. The molecule has 3 nitrogen and oxygen atoms in total. The maximum atomic E-state index is 11.5. The lowest BCUT2D eigenvalue weighted by molar-refractivity contribution is -0.134. The van der Waals surface area contributed by atoms with E-state index in [1.54, 1.807) is 0 Å². The number of ether oxygens (including phenoxy) is 1. The molecular formula is C27H33NO2. The number of hydrogen-bond acceptors (Lipinski definition) is 3. The van der Waals surface area contributed by atoms with Crippen molar-refractivity contribution in [3.63, 3.8) is 0 Å². The van der Waals surface area contributed by atoms with E-state index in [4.69, 9.17) is 4.74 Å². The maximum absolute atomic E-state index is 11.5. The van der Waals surface area contributed by atoms with Crippen molar-refractivity contribution in [2.45, 2.75) is 63.7 Å². The van der Waals surface area contributed by atoms with Crippen LogP contribution in [0.2, 0.25) is 0 Å². The molecule has 3 heteroatoms. The van der Waals surface area contributed by atoms with Gasteiger partial charge in [-0.3, -0.25) is 0 Å². The zero-order valence-corrected chi connectivity index (χ0v) is 19.1. The van der Waals surface area contributed by atoms with E-state index in [0.29, 0.717) is 0 Å². The largest absolute Gasteiger partial charge is 0.466 e. The van der Waals surface area contributed by atoms with Crippen LogP contribution < -0.4 is 5.32 Å². The molecule has 0 saturated carbocycles. The predicted molar refractivity (Wildman–Crippen MR) is 124 cm³/mol. The lowest BCUT2D eigenvalue weighted by atomic mass is 9.62. The molecule has 1 atom stereocenters. The lowest BCUT2D eigenvalue weighted by Gasteiger charge is -2.42. The number of carbonyl (C=O) groups excluding carboxylic acids is 1. The summed E-state index contributed by atoms with van der Waals surface area (Å²) in [6.45, 7) is 12.7. The van der Waals surface area contributed by atoms with E-state index < -0.39 is 0 Å². The van der Waals surface area contributed by atoms with Crippen molar-refractivity contribution >= 4 is 17.7 Å². The number of methoxy groups -OCH3 is 1. The van der Waals surface area contributed by atoms with Crippen LogP contribution in [0.1, 0.15) is 75.3 Å². The van der Waals surface area contributed by atoms with E-state index in [-0.39, 0.29) is 22.2 Å². The Morgan fingerprint density at radius 1 is 0.933 bits per heavy atom. The Hall–Kier alpha value is -2.55. The molecule has 0 saturated heterocycles. The molecule has 1 heterocycles. The molecule has 1 aliphatic carbocycles. The molecule has 0 bridgehead atoms. The molecular weight excluding hydrogens is 370 g/mol. The number of rotatable bonds is 3. The summed E-state index contributed by atoms with van der Waals surface area (Å²) in [7, 11) is 1.40. The quantitative estimate of drug-likeness (QED) is 0.508. The van der Waals surface area contributed by atoms with E-state index in [9.17, 15) is 4.79 Å². The molecule has 0 radical (unpaired) electrons. The number of anilines is 1. The molecule has 2 aromatic carbocycles. The van der Waals surface area contributed by atoms with Crippen LogP contribution in [0.25, 0.3) is 6.08 Å². The van der Waals surface area contributed by atoms with Crippen LogP contribution in [-0.4, -0.2) is 19.6 Å². The Morgan fingerprint density at radius 3 is 2.33 bits per heavy atom. The molecule has 30 heavy (non-hydrogen) atoms. The predicted octanol–water partition coefficient (Wildman–Crippen LogP) is 5.95. The first kappa shape index (κ1) is 20.7. The summed E-state index contributed by atoms with van der Waals surface area (Å²) in [6, 6.07) is 13.5. The van der Waals surface area contributed by atoms with E-state index >= 15 is 0 Å². The Kier molecular flexibility index (Phi) is 4.84. The van der Waals surface area contributed by atoms with Crippen molar-refractivity contribution in [1.29, 1.82) is 0 Å². The van der Waals surface area contributed by atoms with Crippen LogP contribution in [0.3, 0.4) is 0 Å². The van der Waals surface area contributed by atoms with Gasteiger partial charge < -0.3 is 10.1 Å². The van der Waals surface area contributed by atoms with Crippen molar-refractivity contribution in [3.05, 3.63) is 70.3 Å². The Bertz CT molecular complexity index is 1030. The fourth-order valence-electron chi connectivity index (χ4n) is 5.07. The van der Waals surface area contributed by atoms with Crippen LogP contribution in [0.5, 0.6) is 0 Å². The highest BCUT2D eigenvalue weighted by atomic mass is 16.5. The molecule has 2 aromatic rings. The summed E-state index contributed by atoms with van der Waals surface area (Å²) in [5.41, 5.74) is 8.10. The van der Waals surface area contributed by atoms with Crippen molar-refractivity contribution in [1.82, 2.24) is 0 Å². The molecule has 0 fully saturated rings. The summed E-state index contributed by atoms with van der Waals surface area (Å²) < 4.78 is 4.73. The van der Waals surface area contributed by atoms with E-state index in [2.05, 4.69) is 70.3 Å². The molecule has 2 aliphatic rings. The van der Waals surface area contributed by atoms with E-state index in [0.717, 1.165) is 12.1 Å². The normalized spacial score (nSPS) is 23.5. The summed E-state index contributed by atoms with van der Waals surface area (Å²) in [5.74, 6) is -0.337. The van der Waals surface area contributed by atoms with Gasteiger partial charge in [0.25, 0.3) is 0 Å². The molecule has 4 rings (SSSR count). The number of benzene rings is 2. The highest BCUT2D eigenvalue weighted by molar-refractivity contribution is 5.87. The number of hydrogen-bond donors (Lipinski definition) is 1. The van der Waals surface area contributed by atoms with Crippen molar-refractivity contribution in [2.24, 2.45) is 0 Å². The zero-order valence-electron chi connectivity index (χ0n) is 19.1. The van der Waals surface area contributed by atoms with Gasteiger partial charge >= 0.3 is 5.97 Å². The Morgan fingerprint density at radius 2 is 1.63 bits per heavy atom. The van der Waals surface area contributed by atoms with Gasteiger partial charge in [0, 0.05) is 23.7 Å². The van der Waals surface area contributed by atoms with Crippen LogP contribution in [0, 0.1) is 0 Å². The number of nitrogens with one attached hydrogen (secondary N) is 1. The average Bonchev–Trinajstić information content (AvgIpc) is 3.07. The Balaban J connectivity index is 1.78. The van der Waals surface area contributed by atoms with E-state index in [1.165, 1.54) is 54.0 Å². The summed E-state index contributed by atoms with van der Waals surface area (Å²) >= 11 is 0. The first-order valence-corrected chi connectivity index (χ1v) is 10.9. The Labute approximate surface area is 180 Å². The standard InChI is InChI=1S/C27H33NO2/c1-25(2)13-14-26(3,4)21-16-19(9-10-20(21)25)27(5)17-28-23-11-7-18(15-22(23)27)8-12-24(29)30-6/h7-12,15-16,28H,13-14,17H2,1-6H3. The second-order valence-corrected chi connectivity index (χ2v) is 10.4. The molecule has 0 amide bonds. The van der Waals surface area contributed by atoms with Crippen LogP contribution >= 0.6 is 0 Å². The third-order valence-corrected chi connectivity index (χ3v) is 7.37. The highest BCUT2D eigenvalue weighted by Gasteiger charge is 2.40. The smallest absolute Gasteiger partial charge is 0.330 e. The van der Waals surface area contributed by atoms with Gasteiger partial charge in [0.1, 0.15) is 0 Å². The van der Waals surface area contributed by atoms with Gasteiger partial charge in [-0.25, -0.2) is 4.79 Å². The van der Waals surface area contributed by atoms with E-state index in [1.807, 2.05) is 12.1 Å². The second kappa shape index (κ2) is 7.01. The van der Waals surface area contributed by atoms with Gasteiger partial charge in [-0.05, 0) is 76.6 Å². The zero-order chi connectivity index (χ0) is 21.7. The topological polar surface area (TPSA) is 38.3 Å². The molecule has 0 spiro atoms. The lowest BCUT2D eigenvalue weighted by Crippen LogP contribution is -2.35. The summed E-state index contributed by atoms with van der Waals surface area (Å²) in [5, 5.41) is 3.59. The minimum atomic E-state index is -0.337. The molecule has 1 aliphatic heterocycles. The molecule has 0 aromatic heterocycles. The number of fused-ring (bicyclic) bond motifs is 2. The third kappa shape index (κ3) is 3.34. The van der Waals surface area contributed by atoms with Crippen molar-refractivity contribution in [3.8, 4) is 0 Å². The second-order valence-electron chi connectivity index (χ2n) is 10.4. The van der Waals surface area contributed by atoms with Crippen molar-refractivity contribution in [2.75, 3.05) is 19.0 Å². The van der Waals surface area contributed by atoms with Gasteiger partial charge in [0.05, 0.1) is 7.11 Å². The van der Waals surface area contributed by atoms with Crippen LogP contribution in [0.15, 0.2) is 42.5 Å². The first-order valence-electron chi connectivity index (χ1n) is 10.9. The summed E-state index contributed by atoms with van der Waals surface area (Å²) in [6.07, 6.45) is 5.74. The van der Waals surface area contributed by atoms with Crippen molar-refractivity contribution < 1.29 is 9.53 Å². The van der Waals surface area contributed by atoms with Gasteiger partial charge in [-0.15, -0.1) is 0 Å².